The molecule has 3 rings (SSSR count). The van der Waals surface area contributed by atoms with E-state index < -0.39 is 22.0 Å². The Balaban J connectivity index is 1.94. The Bertz CT molecular complexity index is 1210. The Morgan fingerprint density at radius 2 is 1.68 bits per heavy atom. The van der Waals surface area contributed by atoms with E-state index >= 15 is 0 Å². The van der Waals surface area contributed by atoms with Crippen LogP contribution in [-0.2, 0) is 26.2 Å². The molecule has 0 spiro atoms. The maximum atomic E-state index is 13.9. The Hall–Kier alpha value is -2.87. The molecule has 2 amide bonds. The van der Waals surface area contributed by atoms with E-state index in [9.17, 15) is 18.0 Å². The van der Waals surface area contributed by atoms with Crippen LogP contribution in [0, 0.1) is 20.8 Å². The van der Waals surface area contributed by atoms with Gasteiger partial charge >= 0.3 is 0 Å². The van der Waals surface area contributed by atoms with E-state index in [1.54, 1.807) is 11.0 Å². The van der Waals surface area contributed by atoms with Crippen LogP contribution in [-0.4, -0.2) is 50.0 Å². The van der Waals surface area contributed by atoms with E-state index in [1.165, 1.54) is 6.42 Å². The predicted molar refractivity (Wildman–Crippen MR) is 149 cm³/mol. The van der Waals surface area contributed by atoms with Crippen molar-refractivity contribution in [1.29, 1.82) is 0 Å². The Morgan fingerprint density at radius 1 is 1.00 bits per heavy atom. The number of carbonyl (C=O) groups excluding carboxylic acids is 2. The van der Waals surface area contributed by atoms with E-state index in [2.05, 4.69) is 5.32 Å². The van der Waals surface area contributed by atoms with Crippen LogP contribution in [0.5, 0.6) is 0 Å². The van der Waals surface area contributed by atoms with Crippen molar-refractivity contribution in [2.45, 2.75) is 84.8 Å². The molecular formula is C29H41N3O4S. The number of rotatable bonds is 10. The summed E-state index contributed by atoms with van der Waals surface area (Å²) in [7, 11) is -3.75. The molecule has 202 valence electrons. The van der Waals surface area contributed by atoms with Crippen LogP contribution in [0.1, 0.15) is 67.7 Å². The molecule has 1 aliphatic rings. The first-order valence-corrected chi connectivity index (χ1v) is 15.1. The summed E-state index contributed by atoms with van der Waals surface area (Å²) in [5.74, 6) is -0.576. The van der Waals surface area contributed by atoms with Crippen LogP contribution in [0.25, 0.3) is 0 Å². The largest absolute Gasteiger partial charge is 0.352 e. The zero-order valence-corrected chi connectivity index (χ0v) is 23.6. The zero-order valence-electron chi connectivity index (χ0n) is 22.8. The van der Waals surface area contributed by atoms with Crippen LogP contribution >= 0.6 is 0 Å². The number of nitrogens with one attached hydrogen (secondary N) is 1. The molecule has 1 saturated carbocycles. The Labute approximate surface area is 222 Å². The smallest absolute Gasteiger partial charge is 0.244 e. The highest BCUT2D eigenvalue weighted by molar-refractivity contribution is 7.92. The van der Waals surface area contributed by atoms with Crippen molar-refractivity contribution < 1.29 is 18.0 Å². The zero-order chi connectivity index (χ0) is 27.2. The van der Waals surface area contributed by atoms with Crippen LogP contribution in [0.2, 0.25) is 0 Å². The number of aryl methyl sites for hydroxylation is 3. The van der Waals surface area contributed by atoms with Gasteiger partial charge in [-0.2, -0.15) is 0 Å². The van der Waals surface area contributed by atoms with Crippen molar-refractivity contribution in [2.75, 3.05) is 17.1 Å². The van der Waals surface area contributed by atoms with Crippen molar-refractivity contribution in [1.82, 2.24) is 10.2 Å². The first kappa shape index (κ1) is 28.7. The number of hydrogen-bond donors (Lipinski definition) is 1. The Kier molecular flexibility index (Phi) is 9.76. The average molecular weight is 528 g/mol. The number of sulfonamides is 1. The van der Waals surface area contributed by atoms with E-state index in [0.717, 1.165) is 58.5 Å². The van der Waals surface area contributed by atoms with Gasteiger partial charge in [0.25, 0.3) is 0 Å². The van der Waals surface area contributed by atoms with Gasteiger partial charge in [0.05, 0.1) is 11.9 Å². The molecule has 0 heterocycles. The van der Waals surface area contributed by atoms with Gasteiger partial charge in [-0.25, -0.2) is 8.42 Å². The number of benzene rings is 2. The monoisotopic (exact) mass is 527 g/mol. The Morgan fingerprint density at radius 3 is 2.27 bits per heavy atom. The standard InChI is InChI=1S/C29H41N3O4S/c1-6-26(29(34)30-25-14-8-7-9-15-25)31(19-24-13-11-10-12-22(24)3)28(33)20-32(37(5,35)36)27-17-16-21(2)18-23(27)4/h10-13,16-18,25-26H,6-9,14-15,19-20H2,1-5H3,(H,30,34)/t26-/m1/s1. The molecule has 1 fully saturated rings. The number of anilines is 1. The summed E-state index contributed by atoms with van der Waals surface area (Å²) in [4.78, 5) is 28.9. The molecule has 2 aromatic rings. The molecule has 1 aliphatic carbocycles. The first-order chi connectivity index (χ1) is 17.5. The summed E-state index contributed by atoms with van der Waals surface area (Å²) in [6, 6.07) is 12.6. The minimum absolute atomic E-state index is 0.119. The van der Waals surface area contributed by atoms with Gasteiger partial charge in [-0.05, 0) is 62.8 Å². The topological polar surface area (TPSA) is 86.8 Å². The summed E-state index contributed by atoms with van der Waals surface area (Å²) in [5.41, 5.74) is 4.18. The second-order valence-corrected chi connectivity index (χ2v) is 12.2. The number of nitrogens with zero attached hydrogens (tertiary/aromatic N) is 2. The van der Waals surface area contributed by atoms with Crippen LogP contribution < -0.4 is 9.62 Å². The van der Waals surface area contributed by atoms with Gasteiger partial charge in [0.1, 0.15) is 12.6 Å². The van der Waals surface area contributed by atoms with Crippen LogP contribution in [0.15, 0.2) is 42.5 Å². The van der Waals surface area contributed by atoms with Crippen LogP contribution in [0.3, 0.4) is 0 Å². The number of hydrogen-bond acceptors (Lipinski definition) is 4. The highest BCUT2D eigenvalue weighted by Crippen LogP contribution is 2.25. The summed E-state index contributed by atoms with van der Waals surface area (Å²) < 4.78 is 26.9. The third-order valence-corrected chi connectivity index (χ3v) is 8.37. The van der Waals surface area contributed by atoms with Gasteiger partial charge in [0.15, 0.2) is 0 Å². The van der Waals surface area contributed by atoms with Gasteiger partial charge in [-0.15, -0.1) is 0 Å². The lowest BCUT2D eigenvalue weighted by Gasteiger charge is -2.34. The molecule has 0 unspecified atom stereocenters. The SMILES string of the molecule is CC[C@H](C(=O)NC1CCCCC1)N(Cc1ccccc1C)C(=O)CN(c1ccc(C)cc1C)S(C)(=O)=O. The number of amides is 2. The molecule has 0 bridgehead atoms. The molecule has 2 aromatic carbocycles. The van der Waals surface area contributed by atoms with Gasteiger partial charge < -0.3 is 10.2 Å². The third-order valence-electron chi connectivity index (χ3n) is 7.24. The minimum atomic E-state index is -3.75. The quantitative estimate of drug-likeness (QED) is 0.488. The lowest BCUT2D eigenvalue weighted by atomic mass is 9.95. The summed E-state index contributed by atoms with van der Waals surface area (Å²) >= 11 is 0. The fraction of sp³-hybridized carbons (Fsp3) is 0.517. The van der Waals surface area contributed by atoms with Gasteiger partial charge in [0.2, 0.25) is 21.8 Å². The summed E-state index contributed by atoms with van der Waals surface area (Å²) in [6.45, 7) is 7.49. The van der Waals surface area contributed by atoms with E-state index in [1.807, 2.05) is 64.1 Å². The second kappa shape index (κ2) is 12.6. The maximum absolute atomic E-state index is 13.9. The third kappa shape index (κ3) is 7.57. The average Bonchev–Trinajstić information content (AvgIpc) is 2.84. The highest BCUT2D eigenvalue weighted by atomic mass is 32.2. The molecule has 37 heavy (non-hydrogen) atoms. The van der Waals surface area contributed by atoms with Crippen LogP contribution in [0.4, 0.5) is 5.69 Å². The molecule has 0 radical (unpaired) electrons. The molecule has 0 aliphatic heterocycles. The fourth-order valence-electron chi connectivity index (χ4n) is 5.11. The fourth-order valence-corrected chi connectivity index (χ4v) is 6.02. The van der Waals surface area contributed by atoms with Crippen molar-refractivity contribution in [3.05, 3.63) is 64.7 Å². The molecule has 1 atom stereocenters. The minimum Gasteiger partial charge on any atom is -0.352 e. The molecule has 0 saturated heterocycles. The van der Waals surface area contributed by atoms with Crippen molar-refractivity contribution in [3.8, 4) is 0 Å². The molecule has 0 aromatic heterocycles. The van der Waals surface area contributed by atoms with E-state index in [0.29, 0.717) is 12.1 Å². The van der Waals surface area contributed by atoms with Crippen molar-refractivity contribution in [3.63, 3.8) is 0 Å². The van der Waals surface area contributed by atoms with E-state index in [-0.39, 0.29) is 25.0 Å². The first-order valence-electron chi connectivity index (χ1n) is 13.2. The van der Waals surface area contributed by atoms with Crippen molar-refractivity contribution in [2.24, 2.45) is 0 Å². The van der Waals surface area contributed by atoms with Gasteiger partial charge in [-0.1, -0.05) is 68.1 Å². The van der Waals surface area contributed by atoms with Gasteiger partial charge in [0, 0.05) is 12.6 Å². The van der Waals surface area contributed by atoms with Crippen molar-refractivity contribution >= 4 is 27.5 Å². The van der Waals surface area contributed by atoms with E-state index in [4.69, 9.17) is 0 Å². The molecule has 1 N–H and O–H groups in total. The summed E-state index contributed by atoms with van der Waals surface area (Å²) in [5, 5.41) is 3.17. The number of carbonyl (C=O) groups is 2. The predicted octanol–water partition coefficient (Wildman–Crippen LogP) is 4.63. The normalized spacial score (nSPS) is 15.2. The molecule has 7 nitrogen and oxygen atoms in total. The van der Waals surface area contributed by atoms with Gasteiger partial charge in [-0.3, -0.25) is 13.9 Å². The second-order valence-electron chi connectivity index (χ2n) is 10.3. The summed E-state index contributed by atoms with van der Waals surface area (Å²) in [6.07, 6.45) is 6.79. The maximum Gasteiger partial charge on any atom is 0.244 e. The lowest BCUT2D eigenvalue weighted by molar-refractivity contribution is -0.140. The molecular weight excluding hydrogens is 486 g/mol. The highest BCUT2D eigenvalue weighted by Gasteiger charge is 2.33. The molecule has 8 heteroatoms. The lowest BCUT2D eigenvalue weighted by Crippen LogP contribution is -2.54.